The van der Waals surface area contributed by atoms with Crippen molar-refractivity contribution in [1.82, 2.24) is 24.4 Å². The maximum atomic E-state index is 12.9. The molecule has 0 N–H and O–H groups in total. The molecule has 0 aliphatic carbocycles. The minimum absolute atomic E-state index is 0.0105. The number of imidazole rings is 1. The number of carbonyl (C=O) groups is 1. The fourth-order valence-corrected chi connectivity index (χ4v) is 3.67. The van der Waals surface area contributed by atoms with Gasteiger partial charge in [0.05, 0.1) is 17.3 Å². The summed E-state index contributed by atoms with van der Waals surface area (Å²) >= 11 is 0. The van der Waals surface area contributed by atoms with E-state index >= 15 is 0 Å². The van der Waals surface area contributed by atoms with Crippen LogP contribution in [0.3, 0.4) is 0 Å². The quantitative estimate of drug-likeness (QED) is 0.710. The van der Waals surface area contributed by atoms with Crippen molar-refractivity contribution in [2.45, 2.75) is 38.6 Å². The molecule has 6 heteroatoms. The molecule has 1 atom stereocenters. The molecule has 1 amide bonds. The second kappa shape index (κ2) is 7.31. The van der Waals surface area contributed by atoms with E-state index in [0.717, 1.165) is 36.7 Å². The van der Waals surface area contributed by atoms with Gasteiger partial charge in [-0.2, -0.15) is 0 Å². The Morgan fingerprint density at radius 2 is 2.07 bits per heavy atom. The zero-order valence-electron chi connectivity index (χ0n) is 15.6. The standard InChI is InChI=1S/C21H23N5O/c1-15(2)20-23-11-13-26(20)19-9-3-7-17(24-19)18-8-5-12-25(18)21(27)16-6-4-10-22-14-16/h3-4,6-7,9-11,13-15,18H,5,8,12H2,1-2H3/t18-/m1/s1. The molecule has 3 aromatic rings. The van der Waals surface area contributed by atoms with E-state index in [1.165, 1.54) is 0 Å². The Morgan fingerprint density at radius 3 is 2.85 bits per heavy atom. The highest BCUT2D eigenvalue weighted by Crippen LogP contribution is 2.32. The molecule has 3 aromatic heterocycles. The monoisotopic (exact) mass is 361 g/mol. The molecule has 1 aliphatic rings. The minimum Gasteiger partial charge on any atom is -0.330 e. The average molecular weight is 361 g/mol. The van der Waals surface area contributed by atoms with E-state index < -0.39 is 0 Å². The van der Waals surface area contributed by atoms with Crippen LogP contribution in [-0.4, -0.2) is 36.9 Å². The smallest absolute Gasteiger partial charge is 0.255 e. The van der Waals surface area contributed by atoms with Crippen molar-refractivity contribution in [1.29, 1.82) is 0 Å². The number of amides is 1. The summed E-state index contributed by atoms with van der Waals surface area (Å²) in [4.78, 5) is 28.3. The highest BCUT2D eigenvalue weighted by atomic mass is 16.2. The van der Waals surface area contributed by atoms with Gasteiger partial charge in [0, 0.05) is 37.3 Å². The Kier molecular flexibility index (Phi) is 4.71. The van der Waals surface area contributed by atoms with Gasteiger partial charge in [-0.15, -0.1) is 0 Å². The van der Waals surface area contributed by atoms with Crippen molar-refractivity contribution in [3.8, 4) is 5.82 Å². The Bertz CT molecular complexity index is 935. The number of hydrogen-bond acceptors (Lipinski definition) is 4. The molecule has 4 rings (SSSR count). The molecule has 0 bridgehead atoms. The van der Waals surface area contributed by atoms with E-state index in [0.29, 0.717) is 11.5 Å². The lowest BCUT2D eigenvalue weighted by Gasteiger charge is -2.24. The van der Waals surface area contributed by atoms with Crippen molar-refractivity contribution >= 4 is 5.91 Å². The van der Waals surface area contributed by atoms with Crippen LogP contribution in [0.25, 0.3) is 5.82 Å². The SMILES string of the molecule is CC(C)c1nccn1-c1cccc([C@H]2CCCN2C(=O)c2cccnc2)n1. The fourth-order valence-electron chi connectivity index (χ4n) is 3.67. The first-order valence-corrected chi connectivity index (χ1v) is 9.36. The van der Waals surface area contributed by atoms with Crippen LogP contribution < -0.4 is 0 Å². The summed E-state index contributed by atoms with van der Waals surface area (Å²) in [6, 6.07) is 9.60. The van der Waals surface area contributed by atoms with Crippen LogP contribution in [0.4, 0.5) is 0 Å². The molecule has 0 saturated carbocycles. The molecular formula is C21H23N5O. The number of hydrogen-bond donors (Lipinski definition) is 0. The van der Waals surface area contributed by atoms with Crippen LogP contribution in [-0.2, 0) is 0 Å². The summed E-state index contributed by atoms with van der Waals surface area (Å²) in [7, 11) is 0. The lowest BCUT2D eigenvalue weighted by molar-refractivity contribution is 0.0732. The number of likely N-dealkylation sites (tertiary alicyclic amines) is 1. The molecule has 0 spiro atoms. The summed E-state index contributed by atoms with van der Waals surface area (Å²) in [5.41, 5.74) is 1.54. The topological polar surface area (TPSA) is 63.9 Å². The van der Waals surface area contributed by atoms with E-state index in [4.69, 9.17) is 4.98 Å². The van der Waals surface area contributed by atoms with Crippen molar-refractivity contribution in [2.24, 2.45) is 0 Å². The number of carbonyl (C=O) groups excluding carboxylic acids is 1. The molecule has 1 aliphatic heterocycles. The predicted octanol–water partition coefficient (Wildman–Crippen LogP) is 3.76. The highest BCUT2D eigenvalue weighted by Gasteiger charge is 2.31. The summed E-state index contributed by atoms with van der Waals surface area (Å²) in [6.07, 6.45) is 8.95. The van der Waals surface area contributed by atoms with Gasteiger partial charge in [0.2, 0.25) is 0 Å². The first-order valence-electron chi connectivity index (χ1n) is 9.36. The second-order valence-electron chi connectivity index (χ2n) is 7.13. The van der Waals surface area contributed by atoms with Crippen LogP contribution in [0.5, 0.6) is 0 Å². The van der Waals surface area contributed by atoms with Gasteiger partial charge in [-0.1, -0.05) is 19.9 Å². The van der Waals surface area contributed by atoms with Gasteiger partial charge in [0.1, 0.15) is 11.6 Å². The highest BCUT2D eigenvalue weighted by molar-refractivity contribution is 5.94. The lowest BCUT2D eigenvalue weighted by Crippen LogP contribution is -2.31. The molecular weight excluding hydrogens is 338 g/mol. The largest absolute Gasteiger partial charge is 0.330 e. The molecule has 4 heterocycles. The van der Waals surface area contributed by atoms with Crippen LogP contribution in [0.15, 0.2) is 55.1 Å². The van der Waals surface area contributed by atoms with Crippen LogP contribution in [0.2, 0.25) is 0 Å². The first-order chi connectivity index (χ1) is 13.1. The molecule has 0 radical (unpaired) electrons. The molecule has 1 saturated heterocycles. The Hall–Kier alpha value is -3.02. The van der Waals surface area contributed by atoms with E-state index in [1.54, 1.807) is 24.7 Å². The van der Waals surface area contributed by atoms with Gasteiger partial charge >= 0.3 is 0 Å². The number of nitrogens with zero attached hydrogens (tertiary/aromatic N) is 5. The number of pyridine rings is 2. The minimum atomic E-state index is -0.0105. The number of aromatic nitrogens is 4. The predicted molar refractivity (Wildman–Crippen MR) is 103 cm³/mol. The Morgan fingerprint density at radius 1 is 1.19 bits per heavy atom. The van der Waals surface area contributed by atoms with Gasteiger partial charge < -0.3 is 4.90 Å². The summed E-state index contributed by atoms with van der Waals surface area (Å²) in [5, 5.41) is 0. The van der Waals surface area contributed by atoms with Crippen LogP contribution in [0.1, 0.15) is 60.5 Å². The normalized spacial score (nSPS) is 16.9. The molecule has 0 aromatic carbocycles. The van der Waals surface area contributed by atoms with Gasteiger partial charge in [-0.25, -0.2) is 9.97 Å². The van der Waals surface area contributed by atoms with Crippen molar-refractivity contribution in [3.63, 3.8) is 0 Å². The van der Waals surface area contributed by atoms with Gasteiger partial charge in [-0.3, -0.25) is 14.3 Å². The van der Waals surface area contributed by atoms with E-state index in [9.17, 15) is 4.79 Å². The maximum Gasteiger partial charge on any atom is 0.255 e. The van der Waals surface area contributed by atoms with E-state index in [1.807, 2.05) is 39.9 Å². The van der Waals surface area contributed by atoms with E-state index in [2.05, 4.69) is 23.8 Å². The lowest BCUT2D eigenvalue weighted by atomic mass is 10.1. The number of rotatable bonds is 4. The van der Waals surface area contributed by atoms with Crippen molar-refractivity contribution in [2.75, 3.05) is 6.54 Å². The summed E-state index contributed by atoms with van der Waals surface area (Å²) < 4.78 is 2.02. The third-order valence-corrected chi connectivity index (χ3v) is 4.95. The van der Waals surface area contributed by atoms with Gasteiger partial charge in [0.15, 0.2) is 0 Å². The average Bonchev–Trinajstić information content (AvgIpc) is 3.38. The molecule has 6 nitrogen and oxygen atoms in total. The fraction of sp³-hybridized carbons (Fsp3) is 0.333. The van der Waals surface area contributed by atoms with Crippen LogP contribution in [0, 0.1) is 0 Å². The third-order valence-electron chi connectivity index (χ3n) is 4.95. The second-order valence-corrected chi connectivity index (χ2v) is 7.13. The van der Waals surface area contributed by atoms with Gasteiger partial charge in [-0.05, 0) is 37.1 Å². The maximum absolute atomic E-state index is 12.9. The molecule has 27 heavy (non-hydrogen) atoms. The van der Waals surface area contributed by atoms with Gasteiger partial charge in [0.25, 0.3) is 5.91 Å². The van der Waals surface area contributed by atoms with Crippen molar-refractivity contribution < 1.29 is 4.79 Å². The Labute approximate surface area is 158 Å². The Balaban J connectivity index is 1.65. The van der Waals surface area contributed by atoms with Crippen molar-refractivity contribution in [3.05, 3.63) is 72.2 Å². The zero-order valence-corrected chi connectivity index (χ0v) is 15.6. The summed E-state index contributed by atoms with van der Waals surface area (Å²) in [5.74, 6) is 2.15. The molecule has 0 unspecified atom stereocenters. The third kappa shape index (κ3) is 3.35. The zero-order chi connectivity index (χ0) is 18.8. The first kappa shape index (κ1) is 17.4. The summed E-state index contributed by atoms with van der Waals surface area (Å²) in [6.45, 7) is 4.98. The molecule has 1 fully saturated rings. The van der Waals surface area contributed by atoms with E-state index in [-0.39, 0.29) is 11.9 Å². The van der Waals surface area contributed by atoms with Crippen LogP contribution >= 0.6 is 0 Å². The molecule has 138 valence electrons.